The fourth-order valence-electron chi connectivity index (χ4n) is 9.85. The summed E-state index contributed by atoms with van der Waals surface area (Å²) in [6, 6.07) is 10.0. The molecule has 0 saturated heterocycles. The van der Waals surface area contributed by atoms with E-state index in [1.54, 1.807) is 0 Å². The molecular formula is C38H48O4. The Kier molecular flexibility index (Phi) is 6.83. The number of hydrogen-bond acceptors (Lipinski definition) is 4. The lowest BCUT2D eigenvalue weighted by atomic mass is 9.34. The number of ether oxygens (including phenoxy) is 2. The predicted octanol–water partition coefficient (Wildman–Crippen LogP) is 8.84. The van der Waals surface area contributed by atoms with Crippen molar-refractivity contribution in [3.63, 3.8) is 0 Å². The molecule has 1 aromatic carbocycles. The van der Waals surface area contributed by atoms with Gasteiger partial charge >= 0.3 is 5.97 Å². The third-order valence-electron chi connectivity index (χ3n) is 12.8. The Balaban J connectivity index is 1.36. The first-order chi connectivity index (χ1) is 19.8. The minimum Gasteiger partial charge on any atom is -0.485 e. The normalized spacial score (nSPS) is 39.1. The van der Waals surface area contributed by atoms with Gasteiger partial charge in [-0.15, -0.1) is 0 Å². The van der Waals surface area contributed by atoms with Crippen LogP contribution in [0.2, 0.25) is 0 Å². The topological polar surface area (TPSA) is 52.6 Å². The molecule has 3 saturated carbocycles. The molecule has 2 unspecified atom stereocenters. The smallest absolute Gasteiger partial charge is 0.311 e. The van der Waals surface area contributed by atoms with Gasteiger partial charge in [-0.25, -0.2) is 0 Å². The average Bonchev–Trinajstić information content (AvgIpc) is 2.96. The van der Waals surface area contributed by atoms with Gasteiger partial charge in [0.2, 0.25) is 5.78 Å². The van der Waals surface area contributed by atoms with Crippen molar-refractivity contribution in [2.24, 2.45) is 33.0 Å². The van der Waals surface area contributed by atoms with Crippen molar-refractivity contribution in [3.8, 4) is 0 Å². The summed E-state index contributed by atoms with van der Waals surface area (Å²) in [5, 5.41) is 0. The quantitative estimate of drug-likeness (QED) is 0.333. The maximum absolute atomic E-state index is 13.6. The predicted molar refractivity (Wildman–Crippen MR) is 166 cm³/mol. The molecule has 6 atom stereocenters. The number of rotatable bonds is 5. The standard InChI is InChI=1S/C38H48O4/c1-8-41-33(40)35(4)17-16-34(3)18-20-37(6)30-15-14-27-25(2)32(42-24-26-12-10-9-11-13-26)29(39)22-28(27)36(30,5)19-21-38(37,7)31(34)23-35/h9-15,22,31H,8,16-21,23-24H2,1-7H3/t31?,34-,35-,36+,37?,38+/m1/s1. The van der Waals surface area contributed by atoms with E-state index in [4.69, 9.17) is 9.47 Å². The third-order valence-corrected chi connectivity index (χ3v) is 12.8. The molecule has 0 aromatic heterocycles. The second-order valence-electron chi connectivity index (χ2n) is 15.1. The molecule has 0 aliphatic heterocycles. The maximum atomic E-state index is 13.6. The Morgan fingerprint density at radius 3 is 2.36 bits per heavy atom. The number of benzene rings is 1. The van der Waals surface area contributed by atoms with Crippen LogP contribution in [-0.2, 0) is 25.7 Å². The van der Waals surface area contributed by atoms with Crippen LogP contribution in [0.5, 0.6) is 0 Å². The summed E-state index contributed by atoms with van der Waals surface area (Å²) in [5.74, 6) is 0.857. The minimum absolute atomic E-state index is 0.0218. The summed E-state index contributed by atoms with van der Waals surface area (Å²) >= 11 is 0. The van der Waals surface area contributed by atoms with Crippen LogP contribution in [0.15, 0.2) is 76.6 Å². The lowest BCUT2D eigenvalue weighted by molar-refractivity contribution is -0.182. The van der Waals surface area contributed by atoms with Gasteiger partial charge in [0.15, 0.2) is 5.76 Å². The third kappa shape index (κ3) is 4.07. The number of fused-ring (bicyclic) bond motifs is 7. The van der Waals surface area contributed by atoms with Crippen molar-refractivity contribution >= 4 is 11.8 Å². The molecular weight excluding hydrogens is 520 g/mol. The van der Waals surface area contributed by atoms with Crippen molar-refractivity contribution in [2.45, 2.75) is 100 Å². The van der Waals surface area contributed by atoms with Gasteiger partial charge in [-0.1, -0.05) is 75.8 Å². The Hall–Kier alpha value is -2.88. The highest BCUT2D eigenvalue weighted by Gasteiger charge is 2.67. The molecule has 224 valence electrons. The van der Waals surface area contributed by atoms with Crippen molar-refractivity contribution in [1.29, 1.82) is 0 Å². The summed E-state index contributed by atoms with van der Waals surface area (Å²) < 4.78 is 11.8. The zero-order valence-electron chi connectivity index (χ0n) is 26.7. The van der Waals surface area contributed by atoms with Crippen molar-refractivity contribution in [1.82, 2.24) is 0 Å². The largest absolute Gasteiger partial charge is 0.485 e. The van der Waals surface area contributed by atoms with Crippen molar-refractivity contribution in [2.75, 3.05) is 6.61 Å². The van der Waals surface area contributed by atoms with Gasteiger partial charge in [-0.05, 0) is 111 Å². The molecule has 1 aromatic rings. The van der Waals surface area contributed by atoms with Gasteiger partial charge < -0.3 is 9.47 Å². The highest BCUT2D eigenvalue weighted by atomic mass is 16.5. The molecule has 5 aliphatic carbocycles. The summed E-state index contributed by atoms with van der Waals surface area (Å²) in [6.45, 7) is 16.8. The molecule has 4 nitrogen and oxygen atoms in total. The van der Waals surface area contributed by atoms with Crippen LogP contribution in [0.25, 0.3) is 0 Å². The van der Waals surface area contributed by atoms with E-state index in [2.05, 4.69) is 46.8 Å². The molecule has 0 bridgehead atoms. The molecule has 0 amide bonds. The molecule has 0 heterocycles. The lowest BCUT2D eigenvalue weighted by Crippen LogP contribution is -2.62. The van der Waals surface area contributed by atoms with Crippen LogP contribution in [0.4, 0.5) is 0 Å². The fraction of sp³-hybridized carbons (Fsp3) is 0.579. The summed E-state index contributed by atoms with van der Waals surface area (Å²) in [6.07, 6.45) is 13.8. The Morgan fingerprint density at radius 1 is 0.929 bits per heavy atom. The van der Waals surface area contributed by atoms with Crippen LogP contribution >= 0.6 is 0 Å². The SMILES string of the molecule is CCOC(=O)[C@]1(C)CC[C@]2(C)CCC3(C)C4=CC=C5C(=CC(=O)C(OCc6ccccc6)=C5C)[C@]4(C)CC[C@@]3(C)C2C1. The first kappa shape index (κ1) is 29.2. The monoisotopic (exact) mass is 568 g/mol. The van der Waals surface area contributed by atoms with Gasteiger partial charge in [0.05, 0.1) is 12.0 Å². The van der Waals surface area contributed by atoms with E-state index < -0.39 is 5.41 Å². The molecule has 5 aliphatic rings. The van der Waals surface area contributed by atoms with Crippen molar-refractivity contribution in [3.05, 3.63) is 82.2 Å². The van der Waals surface area contributed by atoms with Crippen LogP contribution < -0.4 is 0 Å². The first-order valence-electron chi connectivity index (χ1n) is 16.1. The zero-order valence-corrected chi connectivity index (χ0v) is 26.7. The molecule has 42 heavy (non-hydrogen) atoms. The number of esters is 1. The van der Waals surface area contributed by atoms with Gasteiger partial charge in [-0.2, -0.15) is 0 Å². The Morgan fingerprint density at radius 2 is 1.64 bits per heavy atom. The molecule has 6 rings (SSSR count). The summed E-state index contributed by atoms with van der Waals surface area (Å²) in [4.78, 5) is 26.8. The average molecular weight is 569 g/mol. The first-order valence-corrected chi connectivity index (χ1v) is 16.1. The second kappa shape index (κ2) is 9.82. The van der Waals surface area contributed by atoms with Gasteiger partial charge in [0.25, 0.3) is 0 Å². The van der Waals surface area contributed by atoms with E-state index in [0.29, 0.717) is 24.9 Å². The van der Waals surface area contributed by atoms with E-state index in [-0.39, 0.29) is 33.4 Å². The summed E-state index contributed by atoms with van der Waals surface area (Å²) in [7, 11) is 0. The van der Waals surface area contributed by atoms with E-state index in [1.807, 2.05) is 50.3 Å². The minimum atomic E-state index is -0.424. The number of carbonyl (C=O) groups excluding carboxylic acids is 2. The van der Waals surface area contributed by atoms with Gasteiger partial charge in [0, 0.05) is 11.0 Å². The number of carbonyl (C=O) groups is 2. The highest BCUT2D eigenvalue weighted by Crippen LogP contribution is 2.75. The molecule has 0 radical (unpaired) electrons. The van der Waals surface area contributed by atoms with E-state index in [1.165, 1.54) is 12.0 Å². The second-order valence-corrected chi connectivity index (χ2v) is 15.1. The molecule has 3 fully saturated rings. The Bertz CT molecular complexity index is 1440. The number of hydrogen-bond donors (Lipinski definition) is 0. The lowest BCUT2D eigenvalue weighted by Gasteiger charge is -2.70. The number of allylic oxidation sites excluding steroid dienone is 7. The Labute approximate surface area is 252 Å². The van der Waals surface area contributed by atoms with Crippen LogP contribution in [0.1, 0.15) is 99.0 Å². The summed E-state index contributed by atoms with van der Waals surface area (Å²) in [5.41, 5.74) is 5.40. The van der Waals surface area contributed by atoms with Crippen LogP contribution in [0.3, 0.4) is 0 Å². The zero-order chi connectivity index (χ0) is 30.1. The van der Waals surface area contributed by atoms with Gasteiger partial charge in [0.1, 0.15) is 6.61 Å². The van der Waals surface area contributed by atoms with E-state index in [9.17, 15) is 9.59 Å². The van der Waals surface area contributed by atoms with Crippen LogP contribution in [0, 0.1) is 33.0 Å². The van der Waals surface area contributed by atoms with Crippen LogP contribution in [-0.4, -0.2) is 18.4 Å². The van der Waals surface area contributed by atoms with Gasteiger partial charge in [-0.3, -0.25) is 9.59 Å². The molecule has 0 N–H and O–H groups in total. The molecule has 4 heteroatoms. The fourth-order valence-corrected chi connectivity index (χ4v) is 9.85. The highest BCUT2D eigenvalue weighted by molar-refractivity contribution is 6.07. The van der Waals surface area contributed by atoms with E-state index >= 15 is 0 Å². The number of ketones is 1. The van der Waals surface area contributed by atoms with Crippen molar-refractivity contribution < 1.29 is 19.1 Å². The maximum Gasteiger partial charge on any atom is 0.311 e. The van der Waals surface area contributed by atoms with E-state index in [0.717, 1.165) is 60.8 Å². The molecule has 0 spiro atoms.